The number of hydrogen-bond acceptors (Lipinski definition) is 3. The zero-order valence-electron chi connectivity index (χ0n) is 11.4. The number of thioether (sulfide) groups is 1. The summed E-state index contributed by atoms with van der Waals surface area (Å²) in [7, 11) is 0. The van der Waals surface area contributed by atoms with Gasteiger partial charge in [-0.2, -0.15) is 0 Å². The standard InChI is InChI=1S/C16H20OS2/c1-2-3-4-5-8-11-18-15-12-16(17)19-14-10-7-6-9-13(14)15/h6-7,9-10,12H,2-5,8,11H2,1H3. The Morgan fingerprint density at radius 1 is 1.11 bits per heavy atom. The number of fused-ring (bicyclic) bond motifs is 1. The first-order chi connectivity index (χ1) is 9.31. The van der Waals surface area contributed by atoms with Gasteiger partial charge < -0.3 is 0 Å². The van der Waals surface area contributed by atoms with E-state index in [9.17, 15) is 4.79 Å². The molecule has 0 spiro atoms. The summed E-state index contributed by atoms with van der Waals surface area (Å²) < 4.78 is 1.26. The number of hydrogen-bond donors (Lipinski definition) is 0. The van der Waals surface area contributed by atoms with Crippen LogP contribution in [-0.4, -0.2) is 5.75 Å². The van der Waals surface area contributed by atoms with Crippen molar-refractivity contribution in [3.8, 4) is 0 Å². The summed E-state index contributed by atoms with van der Waals surface area (Å²) in [5, 5.41) is 1.23. The third-order valence-electron chi connectivity index (χ3n) is 3.12. The summed E-state index contributed by atoms with van der Waals surface area (Å²) in [6.45, 7) is 2.24. The predicted molar refractivity (Wildman–Crippen MR) is 87.6 cm³/mol. The van der Waals surface area contributed by atoms with E-state index in [1.165, 1.54) is 48.8 Å². The SMILES string of the molecule is CCCCCCCSc1cc(=O)sc2ccccc12. The molecule has 0 atom stereocenters. The van der Waals surface area contributed by atoms with E-state index in [1.807, 2.05) is 30.0 Å². The van der Waals surface area contributed by atoms with Crippen LogP contribution in [0.5, 0.6) is 0 Å². The molecule has 1 nitrogen and oxygen atoms in total. The van der Waals surface area contributed by atoms with Crippen molar-refractivity contribution in [3.63, 3.8) is 0 Å². The third-order valence-corrected chi connectivity index (χ3v) is 5.15. The second-order valence-corrected chi connectivity index (χ2v) is 6.87. The van der Waals surface area contributed by atoms with E-state index in [1.54, 1.807) is 6.07 Å². The molecule has 2 rings (SSSR count). The van der Waals surface area contributed by atoms with Crippen molar-refractivity contribution in [2.45, 2.75) is 43.9 Å². The smallest absolute Gasteiger partial charge is 0.234 e. The minimum atomic E-state index is 0.159. The Morgan fingerprint density at radius 3 is 2.74 bits per heavy atom. The Bertz CT molecular complexity index is 574. The van der Waals surface area contributed by atoms with Gasteiger partial charge in [-0.3, -0.25) is 4.79 Å². The fourth-order valence-corrected chi connectivity index (χ4v) is 4.15. The molecule has 19 heavy (non-hydrogen) atoms. The highest BCUT2D eigenvalue weighted by Crippen LogP contribution is 2.28. The number of unbranched alkanes of at least 4 members (excludes halogenated alkanes) is 4. The van der Waals surface area contributed by atoms with E-state index < -0.39 is 0 Å². The average Bonchev–Trinajstić information content (AvgIpc) is 2.42. The molecule has 0 aliphatic rings. The molecule has 1 aromatic carbocycles. The highest BCUT2D eigenvalue weighted by Gasteiger charge is 2.03. The maximum absolute atomic E-state index is 11.7. The molecule has 1 heterocycles. The van der Waals surface area contributed by atoms with Crippen LogP contribution in [0.2, 0.25) is 0 Å². The van der Waals surface area contributed by atoms with Gasteiger partial charge in [-0.15, -0.1) is 11.8 Å². The van der Waals surface area contributed by atoms with Gasteiger partial charge >= 0.3 is 0 Å². The van der Waals surface area contributed by atoms with Crippen LogP contribution >= 0.6 is 23.1 Å². The van der Waals surface area contributed by atoms with E-state index in [-0.39, 0.29) is 4.74 Å². The van der Waals surface area contributed by atoms with Gasteiger partial charge in [-0.25, -0.2) is 0 Å². The molecule has 3 heteroatoms. The zero-order chi connectivity index (χ0) is 13.5. The van der Waals surface area contributed by atoms with Crippen LogP contribution in [-0.2, 0) is 0 Å². The van der Waals surface area contributed by atoms with Crippen LogP contribution in [0.3, 0.4) is 0 Å². The summed E-state index contributed by atoms with van der Waals surface area (Å²) in [5.74, 6) is 1.11. The summed E-state index contributed by atoms with van der Waals surface area (Å²) in [5.41, 5.74) is 0. The maximum Gasteiger partial charge on any atom is 0.234 e. The van der Waals surface area contributed by atoms with E-state index in [0.717, 1.165) is 15.3 Å². The molecule has 0 N–H and O–H groups in total. The summed E-state index contributed by atoms with van der Waals surface area (Å²) >= 11 is 3.17. The second kappa shape index (κ2) is 7.71. The summed E-state index contributed by atoms with van der Waals surface area (Å²) in [4.78, 5) is 12.8. The average molecular weight is 292 g/mol. The maximum atomic E-state index is 11.7. The molecule has 1 aromatic heterocycles. The van der Waals surface area contributed by atoms with Gasteiger partial charge in [-0.1, -0.05) is 62.1 Å². The number of rotatable bonds is 7. The topological polar surface area (TPSA) is 17.1 Å². The molecule has 0 fully saturated rings. The second-order valence-electron chi connectivity index (χ2n) is 4.69. The van der Waals surface area contributed by atoms with Gasteiger partial charge in [-0.05, 0) is 18.2 Å². The zero-order valence-corrected chi connectivity index (χ0v) is 13.0. The Hall–Kier alpha value is -0.800. The highest BCUT2D eigenvalue weighted by atomic mass is 32.2. The largest absolute Gasteiger partial charge is 0.278 e. The van der Waals surface area contributed by atoms with Crippen LogP contribution in [0, 0.1) is 0 Å². The van der Waals surface area contributed by atoms with Gasteiger partial charge in [0.15, 0.2) is 0 Å². The molecule has 0 saturated heterocycles. The Kier molecular flexibility index (Phi) is 5.93. The van der Waals surface area contributed by atoms with Crippen LogP contribution < -0.4 is 4.74 Å². The molecule has 0 bridgehead atoms. The van der Waals surface area contributed by atoms with Crippen LogP contribution in [0.25, 0.3) is 10.1 Å². The van der Waals surface area contributed by atoms with Crippen molar-refractivity contribution in [3.05, 3.63) is 39.9 Å². The first-order valence-corrected chi connectivity index (χ1v) is 8.77. The lowest BCUT2D eigenvalue weighted by Gasteiger charge is -2.05. The molecule has 0 radical (unpaired) electrons. The van der Waals surface area contributed by atoms with E-state index in [4.69, 9.17) is 0 Å². The third kappa shape index (κ3) is 4.36. The van der Waals surface area contributed by atoms with Crippen molar-refractivity contribution >= 4 is 33.2 Å². The van der Waals surface area contributed by atoms with Gasteiger partial charge in [0.25, 0.3) is 0 Å². The lowest BCUT2D eigenvalue weighted by Crippen LogP contribution is -1.93. The summed E-state index contributed by atoms with van der Waals surface area (Å²) in [6, 6.07) is 9.99. The van der Waals surface area contributed by atoms with Crippen molar-refractivity contribution < 1.29 is 0 Å². The molecule has 0 unspecified atom stereocenters. The van der Waals surface area contributed by atoms with Crippen molar-refractivity contribution in [1.82, 2.24) is 0 Å². The van der Waals surface area contributed by atoms with Gasteiger partial charge in [0.05, 0.1) is 0 Å². The fourth-order valence-electron chi connectivity index (χ4n) is 2.09. The first kappa shape index (κ1) is 14.6. The Balaban J connectivity index is 1.98. The van der Waals surface area contributed by atoms with Crippen LogP contribution in [0.1, 0.15) is 39.0 Å². The predicted octanol–water partition coefficient (Wildman–Crippen LogP) is 5.32. The minimum absolute atomic E-state index is 0.159. The highest BCUT2D eigenvalue weighted by molar-refractivity contribution is 7.99. The van der Waals surface area contributed by atoms with E-state index >= 15 is 0 Å². The van der Waals surface area contributed by atoms with Crippen LogP contribution in [0.15, 0.2) is 40.0 Å². The van der Waals surface area contributed by atoms with Crippen LogP contribution in [0.4, 0.5) is 0 Å². The first-order valence-electron chi connectivity index (χ1n) is 6.97. The normalized spacial score (nSPS) is 11.0. The van der Waals surface area contributed by atoms with Crippen molar-refractivity contribution in [2.75, 3.05) is 5.75 Å². The molecular weight excluding hydrogens is 272 g/mol. The fraction of sp³-hybridized carbons (Fsp3) is 0.438. The monoisotopic (exact) mass is 292 g/mol. The molecule has 0 amide bonds. The molecule has 0 aliphatic heterocycles. The lowest BCUT2D eigenvalue weighted by molar-refractivity contribution is 0.659. The molecule has 0 aliphatic carbocycles. The van der Waals surface area contributed by atoms with Crippen molar-refractivity contribution in [2.24, 2.45) is 0 Å². The van der Waals surface area contributed by atoms with E-state index in [2.05, 4.69) is 13.0 Å². The van der Waals surface area contributed by atoms with Gasteiger partial charge in [0, 0.05) is 21.0 Å². The number of benzene rings is 1. The quantitative estimate of drug-likeness (QED) is 0.507. The van der Waals surface area contributed by atoms with E-state index in [0.29, 0.717) is 0 Å². The Morgan fingerprint density at radius 2 is 1.89 bits per heavy atom. The minimum Gasteiger partial charge on any atom is -0.278 e. The Labute approximate surface area is 123 Å². The molecular formula is C16H20OS2. The lowest BCUT2D eigenvalue weighted by atomic mass is 10.2. The summed E-state index contributed by atoms with van der Waals surface area (Å²) in [6.07, 6.45) is 6.51. The molecule has 0 saturated carbocycles. The molecule has 102 valence electrons. The van der Waals surface area contributed by atoms with Gasteiger partial charge in [0.1, 0.15) is 0 Å². The molecule has 2 aromatic rings. The van der Waals surface area contributed by atoms with Crippen molar-refractivity contribution in [1.29, 1.82) is 0 Å². The van der Waals surface area contributed by atoms with Gasteiger partial charge in [0.2, 0.25) is 4.74 Å².